The maximum Gasteiger partial charge on any atom is 0.244 e. The van der Waals surface area contributed by atoms with E-state index in [1.807, 2.05) is 0 Å². The van der Waals surface area contributed by atoms with E-state index in [0.29, 0.717) is 11.9 Å². The second-order valence-corrected chi connectivity index (χ2v) is 7.51. The van der Waals surface area contributed by atoms with Crippen molar-refractivity contribution in [1.29, 1.82) is 0 Å². The van der Waals surface area contributed by atoms with Crippen LogP contribution in [0.3, 0.4) is 0 Å². The summed E-state index contributed by atoms with van der Waals surface area (Å²) in [5.41, 5.74) is -0.218. The third kappa shape index (κ3) is 2.22. The Bertz CT molecular complexity index is 526. The van der Waals surface area contributed by atoms with Crippen molar-refractivity contribution in [3.63, 3.8) is 0 Å². The third-order valence-electron chi connectivity index (χ3n) is 5.27. The average Bonchev–Trinajstić information content (AvgIpc) is 2.88. The molecule has 4 rings (SSSR count). The Hall–Kier alpha value is -0.910. The summed E-state index contributed by atoms with van der Waals surface area (Å²) in [4.78, 5) is 18.7. The van der Waals surface area contributed by atoms with Gasteiger partial charge in [0.2, 0.25) is 5.91 Å². The van der Waals surface area contributed by atoms with Crippen LogP contribution in [0.1, 0.15) is 43.6 Å². The predicted molar refractivity (Wildman–Crippen MR) is 84.1 cm³/mol. The Kier molecular flexibility index (Phi) is 3.32. The zero-order valence-electron chi connectivity index (χ0n) is 12.5. The van der Waals surface area contributed by atoms with E-state index in [9.17, 15) is 4.79 Å². The topological polar surface area (TPSA) is 35.6 Å². The molecule has 1 saturated carbocycles. The molecule has 2 saturated heterocycles. The lowest BCUT2D eigenvalue weighted by Crippen LogP contribution is -2.43. The maximum absolute atomic E-state index is 12.8. The van der Waals surface area contributed by atoms with Crippen molar-refractivity contribution in [3.8, 4) is 0 Å². The van der Waals surface area contributed by atoms with Crippen LogP contribution in [-0.4, -0.2) is 46.9 Å². The number of rotatable bonds is 4. The predicted octanol–water partition coefficient (Wildman–Crippen LogP) is 2.20. The molecule has 5 heteroatoms. The molecule has 1 amide bonds. The number of hydrogen-bond donors (Lipinski definition) is 1. The Morgan fingerprint density at radius 1 is 1.48 bits per heavy atom. The molecule has 0 bridgehead atoms. The summed E-state index contributed by atoms with van der Waals surface area (Å²) in [5.74, 6) is 0.337. The second kappa shape index (κ2) is 5.07. The number of nitrogens with one attached hydrogen (secondary N) is 1. The molecule has 0 radical (unpaired) electrons. The Balaban J connectivity index is 1.57. The highest BCUT2D eigenvalue weighted by Gasteiger charge is 2.59. The lowest BCUT2D eigenvalue weighted by atomic mass is 10.2. The molecule has 1 spiro atoms. The molecule has 2 aliphatic heterocycles. The van der Waals surface area contributed by atoms with Crippen molar-refractivity contribution in [2.24, 2.45) is 0 Å². The zero-order chi connectivity index (χ0) is 14.4. The van der Waals surface area contributed by atoms with Gasteiger partial charge in [0.1, 0.15) is 11.7 Å². The molecule has 0 aromatic carbocycles. The van der Waals surface area contributed by atoms with E-state index >= 15 is 0 Å². The highest BCUT2D eigenvalue weighted by atomic mass is 32.1. The molecule has 3 heterocycles. The van der Waals surface area contributed by atoms with Gasteiger partial charge in [-0.25, -0.2) is 0 Å². The van der Waals surface area contributed by atoms with E-state index in [-0.39, 0.29) is 11.7 Å². The minimum atomic E-state index is -0.218. The first-order chi connectivity index (χ1) is 10.2. The van der Waals surface area contributed by atoms with Crippen LogP contribution in [0.4, 0.5) is 0 Å². The van der Waals surface area contributed by atoms with Gasteiger partial charge in [-0.1, -0.05) is 13.0 Å². The number of likely N-dealkylation sites (N-methyl/N-ethyl adjacent to an activating group) is 1. The molecule has 21 heavy (non-hydrogen) atoms. The lowest BCUT2D eigenvalue weighted by Gasteiger charge is -2.30. The quantitative estimate of drug-likeness (QED) is 0.926. The molecule has 2 atom stereocenters. The van der Waals surface area contributed by atoms with E-state index in [1.54, 1.807) is 11.3 Å². The summed E-state index contributed by atoms with van der Waals surface area (Å²) >= 11 is 1.75. The number of carbonyl (C=O) groups excluding carboxylic acids is 1. The standard InChI is InChI=1S/C16H23N3OS/c1-2-18-9-3-5-12(18)11-19-14(13-6-4-10-21-13)17-16(7-8-16)15(19)20/h4,6,10,12,14,17H,2-3,5,7-9,11H2,1H3. The van der Waals surface area contributed by atoms with E-state index in [2.05, 4.69) is 39.6 Å². The third-order valence-corrected chi connectivity index (χ3v) is 6.20. The average molecular weight is 305 g/mol. The Labute approximate surface area is 130 Å². The van der Waals surface area contributed by atoms with Gasteiger partial charge in [-0.05, 0) is 50.2 Å². The molecule has 1 aromatic rings. The summed E-state index contributed by atoms with van der Waals surface area (Å²) < 4.78 is 0. The molecule has 3 aliphatic rings. The minimum Gasteiger partial charge on any atom is -0.319 e. The van der Waals surface area contributed by atoms with Crippen LogP contribution >= 0.6 is 11.3 Å². The van der Waals surface area contributed by atoms with Crippen molar-refractivity contribution < 1.29 is 4.79 Å². The van der Waals surface area contributed by atoms with Crippen molar-refractivity contribution in [1.82, 2.24) is 15.1 Å². The van der Waals surface area contributed by atoms with Crippen LogP contribution in [0.5, 0.6) is 0 Å². The summed E-state index contributed by atoms with van der Waals surface area (Å²) in [6.45, 7) is 5.38. The monoisotopic (exact) mass is 305 g/mol. The van der Waals surface area contributed by atoms with Crippen molar-refractivity contribution >= 4 is 17.2 Å². The van der Waals surface area contributed by atoms with E-state index in [1.165, 1.54) is 24.3 Å². The lowest BCUT2D eigenvalue weighted by molar-refractivity contribution is -0.131. The molecule has 1 aromatic heterocycles. The van der Waals surface area contributed by atoms with Crippen molar-refractivity contribution in [2.45, 2.75) is 50.4 Å². The summed E-state index contributed by atoms with van der Waals surface area (Å²) in [6, 6.07) is 4.77. The van der Waals surface area contributed by atoms with Crippen LogP contribution in [0.25, 0.3) is 0 Å². The molecular weight excluding hydrogens is 282 g/mol. The molecule has 1 aliphatic carbocycles. The van der Waals surface area contributed by atoms with Crippen LogP contribution in [0.15, 0.2) is 17.5 Å². The van der Waals surface area contributed by atoms with Gasteiger partial charge in [0, 0.05) is 17.5 Å². The minimum absolute atomic E-state index is 0.0966. The number of amides is 1. The summed E-state index contributed by atoms with van der Waals surface area (Å²) in [5, 5.41) is 5.72. The van der Waals surface area contributed by atoms with Gasteiger partial charge >= 0.3 is 0 Å². The van der Waals surface area contributed by atoms with Gasteiger partial charge < -0.3 is 4.90 Å². The van der Waals surface area contributed by atoms with Gasteiger partial charge in [-0.3, -0.25) is 15.0 Å². The van der Waals surface area contributed by atoms with E-state index < -0.39 is 0 Å². The number of nitrogens with zero attached hydrogens (tertiary/aromatic N) is 2. The van der Waals surface area contributed by atoms with Gasteiger partial charge in [0.05, 0.1) is 0 Å². The first-order valence-electron chi connectivity index (χ1n) is 8.10. The number of thiophene rings is 1. The fraction of sp³-hybridized carbons (Fsp3) is 0.688. The maximum atomic E-state index is 12.8. The smallest absolute Gasteiger partial charge is 0.244 e. The van der Waals surface area contributed by atoms with Crippen LogP contribution in [0, 0.1) is 0 Å². The summed E-state index contributed by atoms with van der Waals surface area (Å²) in [6.07, 6.45) is 4.60. The van der Waals surface area contributed by atoms with E-state index in [0.717, 1.165) is 25.9 Å². The number of likely N-dealkylation sites (tertiary alicyclic amines) is 1. The van der Waals surface area contributed by atoms with Crippen LogP contribution in [-0.2, 0) is 4.79 Å². The van der Waals surface area contributed by atoms with Crippen LogP contribution in [0.2, 0.25) is 0 Å². The molecule has 3 fully saturated rings. The summed E-state index contributed by atoms with van der Waals surface area (Å²) in [7, 11) is 0. The highest BCUT2D eigenvalue weighted by molar-refractivity contribution is 7.10. The molecular formula is C16H23N3OS. The number of carbonyl (C=O) groups is 1. The molecule has 2 unspecified atom stereocenters. The Morgan fingerprint density at radius 3 is 3.00 bits per heavy atom. The molecule has 4 nitrogen and oxygen atoms in total. The van der Waals surface area contributed by atoms with Gasteiger partial charge in [-0.15, -0.1) is 11.3 Å². The van der Waals surface area contributed by atoms with E-state index in [4.69, 9.17) is 0 Å². The zero-order valence-corrected chi connectivity index (χ0v) is 13.4. The highest BCUT2D eigenvalue weighted by Crippen LogP contribution is 2.46. The van der Waals surface area contributed by atoms with Gasteiger partial charge in [0.15, 0.2) is 0 Å². The fourth-order valence-electron chi connectivity index (χ4n) is 3.88. The van der Waals surface area contributed by atoms with Crippen LogP contribution < -0.4 is 5.32 Å². The van der Waals surface area contributed by atoms with Crippen molar-refractivity contribution in [2.75, 3.05) is 19.6 Å². The fourth-order valence-corrected chi connectivity index (χ4v) is 4.67. The normalized spacial score (nSPS) is 31.5. The van der Waals surface area contributed by atoms with Crippen molar-refractivity contribution in [3.05, 3.63) is 22.4 Å². The molecule has 1 N–H and O–H groups in total. The second-order valence-electron chi connectivity index (χ2n) is 6.53. The number of hydrogen-bond acceptors (Lipinski definition) is 4. The first-order valence-corrected chi connectivity index (χ1v) is 8.98. The first kappa shape index (κ1) is 13.7. The Morgan fingerprint density at radius 2 is 2.33 bits per heavy atom. The largest absolute Gasteiger partial charge is 0.319 e. The van der Waals surface area contributed by atoms with Gasteiger partial charge in [-0.2, -0.15) is 0 Å². The van der Waals surface area contributed by atoms with Gasteiger partial charge in [0.25, 0.3) is 0 Å². The molecule has 114 valence electrons. The SMILES string of the molecule is CCN1CCCC1CN1C(=O)C2(CC2)NC1c1cccs1.